The number of nitrogens with zero attached hydrogens (tertiary/aromatic N) is 1. The van der Waals surface area contributed by atoms with E-state index in [0.29, 0.717) is 11.3 Å². The van der Waals surface area contributed by atoms with Gasteiger partial charge in [0.25, 0.3) is 5.91 Å². The van der Waals surface area contributed by atoms with Crippen LogP contribution in [-0.2, 0) is 4.79 Å². The number of hydrogen-bond donors (Lipinski definition) is 0. The molecule has 1 fully saturated rings. The molecule has 3 nitrogen and oxygen atoms in total. The Morgan fingerprint density at radius 1 is 0.865 bits per heavy atom. The molecule has 0 radical (unpaired) electrons. The van der Waals surface area contributed by atoms with Crippen LogP contribution in [0.1, 0.15) is 37.9 Å². The minimum Gasteiger partial charge on any atom is -0.544 e. The van der Waals surface area contributed by atoms with Crippen LogP contribution in [0.2, 0.25) is 18.1 Å². The molecule has 4 aromatic rings. The van der Waals surface area contributed by atoms with E-state index < -0.39 is 8.32 Å². The fraction of sp³-hybridized carbons (Fsp3) is 0.219. The molecule has 1 amide bonds. The van der Waals surface area contributed by atoms with E-state index in [2.05, 4.69) is 58.1 Å². The first-order valence-corrected chi connectivity index (χ1v) is 15.5. The van der Waals surface area contributed by atoms with Gasteiger partial charge in [-0.05, 0) is 88.6 Å². The van der Waals surface area contributed by atoms with Crippen molar-refractivity contribution >= 4 is 36.8 Å². The molecule has 0 saturated carbocycles. The number of carbonyl (C=O) groups excluding carboxylic acids is 1. The summed E-state index contributed by atoms with van der Waals surface area (Å²) in [6.45, 7) is 11.1. The average Bonchev–Trinajstić information content (AvgIpc) is 2.86. The van der Waals surface area contributed by atoms with Crippen LogP contribution in [0, 0.1) is 5.82 Å². The summed E-state index contributed by atoms with van der Waals surface area (Å²) in [5, 5.41) is 2.38. The highest BCUT2D eigenvalue weighted by molar-refractivity contribution is 6.74. The molecule has 0 spiro atoms. The zero-order valence-corrected chi connectivity index (χ0v) is 23.0. The second kappa shape index (κ2) is 9.31. The van der Waals surface area contributed by atoms with Crippen molar-refractivity contribution < 1.29 is 13.6 Å². The van der Waals surface area contributed by atoms with Crippen molar-refractivity contribution in [1.29, 1.82) is 0 Å². The summed E-state index contributed by atoms with van der Waals surface area (Å²) in [4.78, 5) is 15.1. The topological polar surface area (TPSA) is 29.5 Å². The Balaban J connectivity index is 1.51. The van der Waals surface area contributed by atoms with E-state index in [1.165, 1.54) is 12.1 Å². The average molecular weight is 510 g/mol. The van der Waals surface area contributed by atoms with Gasteiger partial charge in [0, 0.05) is 11.3 Å². The first-order chi connectivity index (χ1) is 17.5. The maximum Gasteiger partial charge on any atom is 0.257 e. The molecule has 0 aliphatic carbocycles. The maximum absolute atomic E-state index is 13.6. The van der Waals surface area contributed by atoms with Gasteiger partial charge in [0.05, 0.1) is 6.04 Å². The van der Waals surface area contributed by atoms with Crippen molar-refractivity contribution in [1.82, 2.24) is 0 Å². The second-order valence-electron chi connectivity index (χ2n) is 11.2. The number of anilines is 1. The summed E-state index contributed by atoms with van der Waals surface area (Å²) in [7, 11) is -1.97. The van der Waals surface area contributed by atoms with Crippen LogP contribution in [0.5, 0.6) is 5.75 Å². The summed E-state index contributed by atoms with van der Waals surface area (Å²) in [6, 6.07) is 28.3. The van der Waals surface area contributed by atoms with Crippen molar-refractivity contribution in [3.63, 3.8) is 0 Å². The predicted molar refractivity (Wildman–Crippen MR) is 153 cm³/mol. The normalized spacial score (nSPS) is 17.2. The highest BCUT2D eigenvalue weighted by atomic mass is 28.4. The molecule has 1 aliphatic rings. The Kier molecular flexibility index (Phi) is 6.28. The summed E-state index contributed by atoms with van der Waals surface area (Å²) >= 11 is 0. The van der Waals surface area contributed by atoms with E-state index in [1.54, 1.807) is 17.0 Å². The van der Waals surface area contributed by atoms with Crippen LogP contribution in [-0.4, -0.2) is 14.2 Å². The van der Waals surface area contributed by atoms with Crippen LogP contribution in [0.4, 0.5) is 10.1 Å². The molecule has 0 aromatic heterocycles. The van der Waals surface area contributed by atoms with Crippen molar-refractivity contribution in [2.24, 2.45) is 0 Å². The van der Waals surface area contributed by atoms with Gasteiger partial charge in [0.15, 0.2) is 0 Å². The van der Waals surface area contributed by atoms with Crippen LogP contribution in [0.25, 0.3) is 16.8 Å². The Morgan fingerprint density at radius 3 is 2.16 bits per heavy atom. The maximum atomic E-state index is 13.6. The van der Waals surface area contributed by atoms with E-state index in [-0.39, 0.29) is 22.8 Å². The number of β-lactam (4-membered cyclic amide) rings is 1. The number of rotatable bonds is 5. The van der Waals surface area contributed by atoms with Gasteiger partial charge in [-0.1, -0.05) is 69.3 Å². The lowest BCUT2D eigenvalue weighted by molar-refractivity contribution is -0.118. The van der Waals surface area contributed by atoms with E-state index >= 15 is 0 Å². The Labute approximate surface area is 219 Å². The lowest BCUT2D eigenvalue weighted by Crippen LogP contribution is -2.49. The molecule has 0 bridgehead atoms. The van der Waals surface area contributed by atoms with Crippen LogP contribution in [0.3, 0.4) is 0 Å². The Morgan fingerprint density at radius 2 is 1.51 bits per heavy atom. The highest BCUT2D eigenvalue weighted by Gasteiger charge is 2.44. The van der Waals surface area contributed by atoms with Gasteiger partial charge in [-0.15, -0.1) is 0 Å². The molecule has 37 heavy (non-hydrogen) atoms. The third-order valence-corrected chi connectivity index (χ3v) is 12.0. The van der Waals surface area contributed by atoms with Crippen molar-refractivity contribution in [2.45, 2.75) is 44.9 Å². The van der Waals surface area contributed by atoms with Gasteiger partial charge in [0.1, 0.15) is 11.6 Å². The molecule has 188 valence electrons. The fourth-order valence-electron chi connectivity index (χ4n) is 4.43. The van der Waals surface area contributed by atoms with Gasteiger partial charge >= 0.3 is 0 Å². The third kappa shape index (κ3) is 4.84. The SMILES string of the molecule is CC(C)(C)[Si](C)(C)Oc1ccc(C2/C(=C\c3ccc4ccccc4c3)C(=O)N2c2ccc(F)cc2)cc1. The lowest BCUT2D eigenvalue weighted by Gasteiger charge is -2.43. The summed E-state index contributed by atoms with van der Waals surface area (Å²) < 4.78 is 20.1. The molecule has 1 unspecified atom stereocenters. The first kappa shape index (κ1) is 25.0. The standard InChI is InChI=1S/C32H32FNO2Si/c1-32(2,3)37(4,5)36-28-18-12-24(13-19-28)30-29(31(35)34(30)27-16-14-26(33)15-17-27)21-22-10-11-23-8-6-7-9-25(23)20-22/h6-21,30H,1-5H3/b29-21+. The number of carbonyl (C=O) groups is 1. The summed E-state index contributed by atoms with van der Waals surface area (Å²) in [5.41, 5.74) is 3.34. The molecule has 1 atom stereocenters. The smallest absolute Gasteiger partial charge is 0.257 e. The molecular formula is C32H32FNO2Si. The quantitative estimate of drug-likeness (QED) is 0.153. The zero-order valence-electron chi connectivity index (χ0n) is 22.0. The molecule has 1 saturated heterocycles. The number of halogens is 1. The molecule has 5 heteroatoms. The molecule has 5 rings (SSSR count). The Bertz CT molecular complexity index is 1480. The molecule has 4 aromatic carbocycles. The van der Waals surface area contributed by atoms with Gasteiger partial charge < -0.3 is 4.43 Å². The van der Waals surface area contributed by atoms with Gasteiger partial charge in [0.2, 0.25) is 8.32 Å². The van der Waals surface area contributed by atoms with Gasteiger partial charge in [-0.25, -0.2) is 4.39 Å². The summed E-state index contributed by atoms with van der Waals surface area (Å²) in [5.74, 6) is 0.438. The third-order valence-electron chi connectivity index (χ3n) is 7.59. The predicted octanol–water partition coefficient (Wildman–Crippen LogP) is 8.53. The monoisotopic (exact) mass is 509 g/mol. The summed E-state index contributed by atoms with van der Waals surface area (Å²) in [6.07, 6.45) is 1.97. The van der Waals surface area contributed by atoms with Crippen LogP contribution in [0.15, 0.2) is 96.6 Å². The molecule has 1 aliphatic heterocycles. The van der Waals surface area contributed by atoms with Gasteiger partial charge in [-0.2, -0.15) is 0 Å². The first-order valence-electron chi connectivity index (χ1n) is 12.6. The van der Waals surface area contributed by atoms with Crippen molar-refractivity contribution in [3.05, 3.63) is 114 Å². The number of benzene rings is 4. The van der Waals surface area contributed by atoms with E-state index in [0.717, 1.165) is 27.6 Å². The number of hydrogen-bond acceptors (Lipinski definition) is 2. The van der Waals surface area contributed by atoms with E-state index in [9.17, 15) is 9.18 Å². The zero-order chi connectivity index (χ0) is 26.4. The minimum atomic E-state index is -1.97. The van der Waals surface area contributed by atoms with Crippen molar-refractivity contribution in [2.75, 3.05) is 4.90 Å². The molecular weight excluding hydrogens is 477 g/mol. The van der Waals surface area contributed by atoms with Crippen LogP contribution < -0.4 is 9.33 Å². The molecule has 1 heterocycles. The number of fused-ring (bicyclic) bond motifs is 1. The number of amides is 1. The van der Waals surface area contributed by atoms with Crippen LogP contribution >= 0.6 is 0 Å². The lowest BCUT2D eigenvalue weighted by atomic mass is 9.86. The van der Waals surface area contributed by atoms with E-state index in [1.807, 2.05) is 48.5 Å². The Hall–Kier alpha value is -3.70. The highest BCUT2D eigenvalue weighted by Crippen LogP contribution is 2.45. The largest absolute Gasteiger partial charge is 0.544 e. The second-order valence-corrected chi connectivity index (χ2v) is 15.9. The fourth-order valence-corrected chi connectivity index (χ4v) is 5.46. The van der Waals surface area contributed by atoms with Gasteiger partial charge in [-0.3, -0.25) is 9.69 Å². The van der Waals surface area contributed by atoms with E-state index in [4.69, 9.17) is 4.43 Å². The minimum absolute atomic E-state index is 0.0774. The molecule has 0 N–H and O–H groups in total. The van der Waals surface area contributed by atoms with Crippen molar-refractivity contribution in [3.8, 4) is 5.75 Å².